The van der Waals surface area contributed by atoms with Crippen molar-refractivity contribution < 1.29 is 9.18 Å². The monoisotopic (exact) mass is 395 g/mol. The molecule has 5 rings (SSSR count). The van der Waals surface area contributed by atoms with Crippen LogP contribution in [-0.2, 0) is 4.79 Å². The van der Waals surface area contributed by atoms with E-state index >= 15 is 0 Å². The Kier molecular flexibility index (Phi) is 3.86. The van der Waals surface area contributed by atoms with Gasteiger partial charge in [0.05, 0.1) is 23.0 Å². The summed E-state index contributed by atoms with van der Waals surface area (Å²) < 4.78 is 15.4. The predicted molar refractivity (Wildman–Crippen MR) is 103 cm³/mol. The van der Waals surface area contributed by atoms with Crippen LogP contribution >= 0.6 is 11.8 Å². The van der Waals surface area contributed by atoms with E-state index < -0.39 is 0 Å². The van der Waals surface area contributed by atoms with E-state index in [1.165, 1.54) is 36.5 Å². The smallest absolute Gasteiger partial charge is 0.235 e. The van der Waals surface area contributed by atoms with Gasteiger partial charge in [-0.3, -0.25) is 4.79 Å². The Morgan fingerprint density at radius 1 is 1.29 bits per heavy atom. The lowest BCUT2D eigenvalue weighted by molar-refractivity contribution is -0.113. The highest BCUT2D eigenvalue weighted by atomic mass is 32.2. The number of halogens is 1. The number of rotatable bonds is 2. The molecule has 4 heterocycles. The third kappa shape index (κ3) is 2.64. The molecule has 0 aliphatic carbocycles. The van der Waals surface area contributed by atoms with Crippen molar-refractivity contribution >= 4 is 34.7 Å². The summed E-state index contributed by atoms with van der Waals surface area (Å²) in [5.41, 5.74) is 3.45. The summed E-state index contributed by atoms with van der Waals surface area (Å²) in [6.45, 7) is 1.87. The van der Waals surface area contributed by atoms with Gasteiger partial charge >= 0.3 is 0 Å². The van der Waals surface area contributed by atoms with Crippen LogP contribution in [0.4, 0.5) is 10.2 Å². The van der Waals surface area contributed by atoms with Crippen molar-refractivity contribution in [2.75, 3.05) is 11.1 Å². The molecule has 1 aliphatic heterocycles. The predicted octanol–water partition coefficient (Wildman–Crippen LogP) is 2.76. The lowest BCUT2D eigenvalue weighted by Gasteiger charge is -2.15. The van der Waals surface area contributed by atoms with Gasteiger partial charge in [0.25, 0.3) is 0 Å². The number of nitrogens with one attached hydrogen (secondary N) is 2. The van der Waals surface area contributed by atoms with Gasteiger partial charge < -0.3 is 10.3 Å². The minimum absolute atomic E-state index is 0.152. The molecule has 0 fully saturated rings. The topological polar surface area (TPSA) is 101 Å². The maximum atomic E-state index is 13.8. The quantitative estimate of drug-likeness (QED) is 0.541. The zero-order valence-electron chi connectivity index (χ0n) is 14.7. The zero-order valence-corrected chi connectivity index (χ0v) is 15.5. The lowest BCUT2D eigenvalue weighted by Crippen LogP contribution is -2.16. The molecule has 0 spiro atoms. The number of carbonyl (C=O) groups excluding carboxylic acids is 1. The van der Waals surface area contributed by atoms with Crippen molar-refractivity contribution in [3.05, 3.63) is 59.6 Å². The highest BCUT2D eigenvalue weighted by Gasteiger charge is 2.31. The lowest BCUT2D eigenvalue weighted by atomic mass is 10.0. The van der Waals surface area contributed by atoms with Crippen molar-refractivity contribution in [1.29, 1.82) is 0 Å². The van der Waals surface area contributed by atoms with Gasteiger partial charge in [0, 0.05) is 5.56 Å². The standard InChI is InChI=1S/C18H14FN7OS/c1-9-13-15(10-3-2-4-11(19)5-10)28-6-12(27)24-17(13)26(25-9)18-14-16(21-7-20-14)22-8-23-18/h2-5,7-8,15H,6H2,1H3,(H,24,27)(H,20,21,22,23)/t15-/m1/s1. The highest BCUT2D eigenvalue weighted by molar-refractivity contribution is 8.00. The molecule has 1 aromatic carbocycles. The number of hydrogen-bond acceptors (Lipinski definition) is 6. The zero-order chi connectivity index (χ0) is 19.3. The first-order chi connectivity index (χ1) is 13.6. The number of H-pyrrole nitrogens is 1. The van der Waals surface area contributed by atoms with Crippen LogP contribution in [0.2, 0.25) is 0 Å². The van der Waals surface area contributed by atoms with Crippen LogP contribution in [0, 0.1) is 12.7 Å². The van der Waals surface area contributed by atoms with Crippen LogP contribution in [-0.4, -0.2) is 41.4 Å². The Morgan fingerprint density at radius 3 is 3.04 bits per heavy atom. The number of hydrogen-bond donors (Lipinski definition) is 2. The highest BCUT2D eigenvalue weighted by Crippen LogP contribution is 2.44. The molecule has 8 nitrogen and oxygen atoms in total. The van der Waals surface area contributed by atoms with Gasteiger partial charge in [-0.15, -0.1) is 11.8 Å². The van der Waals surface area contributed by atoms with Crippen LogP contribution in [0.1, 0.15) is 22.1 Å². The number of anilines is 1. The van der Waals surface area contributed by atoms with Gasteiger partial charge in [0.15, 0.2) is 11.5 Å². The number of amides is 1. The van der Waals surface area contributed by atoms with E-state index in [4.69, 9.17) is 0 Å². The van der Waals surface area contributed by atoms with Crippen molar-refractivity contribution in [3.8, 4) is 5.82 Å². The molecule has 0 unspecified atom stereocenters. The fourth-order valence-electron chi connectivity index (χ4n) is 3.38. The average Bonchev–Trinajstić information content (AvgIpc) is 3.23. The minimum Gasteiger partial charge on any atom is -0.340 e. The summed E-state index contributed by atoms with van der Waals surface area (Å²) in [5, 5.41) is 7.32. The Morgan fingerprint density at radius 2 is 2.18 bits per heavy atom. The molecule has 0 saturated carbocycles. The molecule has 4 aromatic rings. The maximum Gasteiger partial charge on any atom is 0.235 e. The van der Waals surface area contributed by atoms with E-state index in [1.807, 2.05) is 13.0 Å². The Labute approximate surface area is 162 Å². The molecular weight excluding hydrogens is 381 g/mol. The van der Waals surface area contributed by atoms with Crippen LogP contribution in [0.15, 0.2) is 36.9 Å². The number of aryl methyl sites for hydroxylation is 1. The molecule has 3 aromatic heterocycles. The van der Waals surface area contributed by atoms with Gasteiger partial charge in [0.2, 0.25) is 5.91 Å². The van der Waals surface area contributed by atoms with Crippen LogP contribution in [0.5, 0.6) is 0 Å². The van der Waals surface area contributed by atoms with Gasteiger partial charge in [0.1, 0.15) is 23.5 Å². The first-order valence-corrected chi connectivity index (χ1v) is 9.57. The molecule has 0 radical (unpaired) electrons. The molecule has 28 heavy (non-hydrogen) atoms. The fourth-order valence-corrected chi connectivity index (χ4v) is 4.56. The van der Waals surface area contributed by atoms with Crippen LogP contribution in [0.25, 0.3) is 17.0 Å². The van der Waals surface area contributed by atoms with Crippen molar-refractivity contribution in [2.24, 2.45) is 0 Å². The van der Waals surface area contributed by atoms with Crippen LogP contribution in [0.3, 0.4) is 0 Å². The van der Waals surface area contributed by atoms with Gasteiger partial charge in [-0.25, -0.2) is 19.3 Å². The fraction of sp³-hybridized carbons (Fsp3) is 0.167. The first kappa shape index (κ1) is 16.9. The number of carbonyl (C=O) groups is 1. The summed E-state index contributed by atoms with van der Waals surface area (Å²) in [5.74, 6) is 0.788. The molecule has 0 saturated heterocycles. The van der Waals surface area contributed by atoms with E-state index in [2.05, 4.69) is 30.4 Å². The largest absolute Gasteiger partial charge is 0.340 e. The number of fused-ring (bicyclic) bond motifs is 2. The van der Waals surface area contributed by atoms with E-state index in [0.29, 0.717) is 22.8 Å². The van der Waals surface area contributed by atoms with E-state index in [0.717, 1.165) is 16.8 Å². The van der Waals surface area contributed by atoms with Gasteiger partial charge in [-0.1, -0.05) is 12.1 Å². The summed E-state index contributed by atoms with van der Waals surface area (Å²) in [7, 11) is 0. The van der Waals surface area contributed by atoms with E-state index in [9.17, 15) is 9.18 Å². The summed E-state index contributed by atoms with van der Waals surface area (Å²) in [6.07, 6.45) is 2.93. The molecule has 1 atom stereocenters. The number of nitrogens with zero attached hydrogens (tertiary/aromatic N) is 5. The average molecular weight is 395 g/mol. The number of aromatic amines is 1. The number of imidazole rings is 1. The minimum atomic E-state index is -0.316. The summed E-state index contributed by atoms with van der Waals surface area (Å²) >= 11 is 1.44. The number of aromatic nitrogens is 6. The molecule has 1 aliphatic rings. The van der Waals surface area contributed by atoms with Crippen molar-refractivity contribution in [1.82, 2.24) is 29.7 Å². The molecule has 140 valence electrons. The Balaban J connectivity index is 1.74. The molecule has 2 N–H and O–H groups in total. The summed E-state index contributed by atoms with van der Waals surface area (Å²) in [4.78, 5) is 28.0. The second kappa shape index (κ2) is 6.41. The van der Waals surface area contributed by atoms with Gasteiger partial charge in [-0.05, 0) is 24.6 Å². The van der Waals surface area contributed by atoms with E-state index in [1.54, 1.807) is 10.7 Å². The van der Waals surface area contributed by atoms with Crippen molar-refractivity contribution in [2.45, 2.75) is 12.2 Å². The second-order valence-corrected chi connectivity index (χ2v) is 7.45. The molecule has 1 amide bonds. The molecular formula is C18H14FN7OS. The maximum absolute atomic E-state index is 13.8. The molecule has 0 bridgehead atoms. The SMILES string of the molecule is Cc1nn(-c2ncnc3nc[nH]c23)c2c1[C@@H](c1cccc(F)c1)SCC(=O)N2. The van der Waals surface area contributed by atoms with Crippen LogP contribution < -0.4 is 5.32 Å². The summed E-state index contributed by atoms with van der Waals surface area (Å²) in [6, 6.07) is 6.42. The van der Waals surface area contributed by atoms with Gasteiger partial charge in [-0.2, -0.15) is 9.78 Å². The Bertz CT molecular complexity index is 1220. The molecule has 10 heteroatoms. The van der Waals surface area contributed by atoms with E-state index in [-0.39, 0.29) is 22.7 Å². The Hall–Kier alpha value is -3.27. The van der Waals surface area contributed by atoms with Crippen molar-refractivity contribution in [3.63, 3.8) is 0 Å². The third-order valence-corrected chi connectivity index (χ3v) is 5.83. The second-order valence-electron chi connectivity index (χ2n) is 6.35. The first-order valence-electron chi connectivity index (χ1n) is 8.52. The number of benzene rings is 1. The number of thioether (sulfide) groups is 1. The normalized spacial score (nSPS) is 16.6. The third-order valence-electron chi connectivity index (χ3n) is 4.56.